The first kappa shape index (κ1) is 23.1. The van der Waals surface area contributed by atoms with Crippen LogP contribution in [0, 0.1) is 0 Å². The highest BCUT2D eigenvalue weighted by Crippen LogP contribution is 2.41. The van der Waals surface area contributed by atoms with Crippen molar-refractivity contribution in [1.82, 2.24) is 5.43 Å². The molecule has 5 nitrogen and oxygen atoms in total. The van der Waals surface area contributed by atoms with Crippen LogP contribution in [0.15, 0.2) is 54.9 Å². The number of nitrogens with zero attached hydrogens (tertiary/aromatic N) is 2. The van der Waals surface area contributed by atoms with Gasteiger partial charge in [0, 0.05) is 33.2 Å². The number of likely N-dealkylation sites (N-methyl/N-ethyl adjacent to an activating group) is 1. The van der Waals surface area contributed by atoms with Crippen molar-refractivity contribution in [2.24, 2.45) is 5.10 Å². The molecule has 166 valence electrons. The summed E-state index contributed by atoms with van der Waals surface area (Å²) in [5.74, 6) is -0.267. The number of halogens is 3. The molecular weight excluding hydrogens is 558 g/mol. The summed E-state index contributed by atoms with van der Waals surface area (Å²) in [6.45, 7) is 9.48. The van der Waals surface area contributed by atoms with Gasteiger partial charge < -0.3 is 9.32 Å². The summed E-state index contributed by atoms with van der Waals surface area (Å²) < 4.78 is 7.33. The molecule has 1 aliphatic heterocycles. The van der Waals surface area contributed by atoms with Gasteiger partial charge in [0.05, 0.1) is 21.2 Å². The molecule has 4 rings (SSSR count). The largest absolute Gasteiger partial charge is 0.450 e. The van der Waals surface area contributed by atoms with Crippen LogP contribution in [-0.2, 0) is 0 Å². The van der Waals surface area contributed by atoms with E-state index in [1.165, 1.54) is 5.57 Å². The maximum Gasteiger partial charge on any atom is 0.307 e. The predicted molar refractivity (Wildman–Crippen MR) is 139 cm³/mol. The van der Waals surface area contributed by atoms with Crippen LogP contribution < -0.4 is 10.3 Å². The van der Waals surface area contributed by atoms with Crippen molar-refractivity contribution in [3.63, 3.8) is 0 Å². The molecule has 2 aromatic carbocycles. The molecule has 0 atom stereocenters. The minimum atomic E-state index is -0.440. The summed E-state index contributed by atoms with van der Waals surface area (Å²) in [4.78, 5) is 14.9. The molecule has 0 radical (unpaired) electrons. The Morgan fingerprint density at radius 1 is 1.25 bits per heavy atom. The van der Waals surface area contributed by atoms with Crippen LogP contribution in [0.25, 0.3) is 16.5 Å². The predicted octanol–water partition coefficient (Wildman–Crippen LogP) is 7.40. The molecule has 0 bridgehead atoms. The van der Waals surface area contributed by atoms with Crippen molar-refractivity contribution in [2.45, 2.75) is 33.2 Å². The third-order valence-electron chi connectivity index (χ3n) is 5.54. The molecule has 3 aromatic rings. The van der Waals surface area contributed by atoms with Gasteiger partial charge in [-0.05, 0) is 79.5 Å². The number of hydrazone groups is 1. The summed E-state index contributed by atoms with van der Waals surface area (Å²) in [6, 6.07) is 9.40. The number of furan rings is 1. The molecule has 32 heavy (non-hydrogen) atoms. The number of hydrogen-bond donors (Lipinski definition) is 1. The SMILES string of the molecule is CCN1c2cc(Cl)c(/C=N\NC(=O)c3cc4cc(Br)cc(Br)c4o3)cc2C(C)=CC1(C)C. The first-order valence-corrected chi connectivity index (χ1v) is 12.1. The topological polar surface area (TPSA) is 57.8 Å². The number of nitrogens with one attached hydrogen (secondary N) is 1. The van der Waals surface area contributed by atoms with Crippen LogP contribution in [0.4, 0.5) is 5.69 Å². The third-order valence-corrected chi connectivity index (χ3v) is 6.92. The molecule has 8 heteroatoms. The Labute approximate surface area is 208 Å². The molecule has 0 spiro atoms. The monoisotopic (exact) mass is 577 g/mol. The summed E-state index contributed by atoms with van der Waals surface area (Å²) in [7, 11) is 0. The fraction of sp³-hybridized carbons (Fsp3) is 0.250. The van der Waals surface area contributed by atoms with Gasteiger partial charge in [0.2, 0.25) is 0 Å². The van der Waals surface area contributed by atoms with Crippen molar-refractivity contribution in [3.8, 4) is 0 Å². The standard InChI is InChI=1S/C24H22Br2ClN3O2/c1-5-30-20-10-19(27)15(7-17(20)13(2)11-24(30,3)4)12-28-29-23(31)21-8-14-6-16(25)9-18(26)22(14)32-21/h6-12H,5H2,1-4H3,(H,29,31)/b28-12-. The number of hydrogen-bond acceptors (Lipinski definition) is 4. The highest BCUT2D eigenvalue weighted by Gasteiger charge is 2.30. The quantitative estimate of drug-likeness (QED) is 0.259. The summed E-state index contributed by atoms with van der Waals surface area (Å²) in [6.07, 6.45) is 3.81. The molecule has 0 saturated heterocycles. The van der Waals surface area contributed by atoms with E-state index in [1.54, 1.807) is 12.3 Å². The molecule has 1 N–H and O–H groups in total. The maximum absolute atomic E-state index is 12.5. The lowest BCUT2D eigenvalue weighted by Gasteiger charge is -2.43. The first-order chi connectivity index (χ1) is 15.1. The van der Waals surface area contributed by atoms with Gasteiger partial charge in [0.15, 0.2) is 5.76 Å². The first-order valence-electron chi connectivity index (χ1n) is 10.1. The van der Waals surface area contributed by atoms with Crippen molar-refractivity contribution < 1.29 is 9.21 Å². The normalized spacial score (nSPS) is 15.2. The lowest BCUT2D eigenvalue weighted by molar-refractivity contribution is 0.0929. The summed E-state index contributed by atoms with van der Waals surface area (Å²) in [5, 5.41) is 5.49. The van der Waals surface area contributed by atoms with Crippen LogP contribution in [0.2, 0.25) is 5.02 Å². The Hall–Kier alpha value is -2.09. The van der Waals surface area contributed by atoms with Crippen LogP contribution in [0.1, 0.15) is 49.4 Å². The van der Waals surface area contributed by atoms with Crippen LogP contribution >= 0.6 is 43.5 Å². The van der Waals surface area contributed by atoms with Gasteiger partial charge >= 0.3 is 5.91 Å². The number of amides is 1. The Morgan fingerprint density at radius 2 is 2.00 bits per heavy atom. The second kappa shape index (κ2) is 8.69. The van der Waals surface area contributed by atoms with Crippen molar-refractivity contribution in [2.75, 3.05) is 11.4 Å². The van der Waals surface area contributed by atoms with E-state index in [4.69, 9.17) is 16.0 Å². The molecule has 0 aliphatic carbocycles. The van der Waals surface area contributed by atoms with Gasteiger partial charge in [-0.1, -0.05) is 33.6 Å². The van der Waals surface area contributed by atoms with E-state index in [0.29, 0.717) is 10.6 Å². The highest BCUT2D eigenvalue weighted by molar-refractivity contribution is 9.11. The smallest absolute Gasteiger partial charge is 0.307 e. The van der Waals surface area contributed by atoms with E-state index >= 15 is 0 Å². The third kappa shape index (κ3) is 4.26. The highest BCUT2D eigenvalue weighted by atomic mass is 79.9. The lowest BCUT2D eigenvalue weighted by atomic mass is 9.88. The van der Waals surface area contributed by atoms with Crippen molar-refractivity contribution in [3.05, 3.63) is 67.3 Å². The Kier molecular flexibility index (Phi) is 6.27. The van der Waals surface area contributed by atoms with Gasteiger partial charge in [0.25, 0.3) is 0 Å². The molecule has 0 unspecified atom stereocenters. The maximum atomic E-state index is 12.5. The average molecular weight is 580 g/mol. The van der Waals surface area contributed by atoms with Gasteiger partial charge in [-0.2, -0.15) is 5.10 Å². The van der Waals surface area contributed by atoms with Crippen molar-refractivity contribution in [1.29, 1.82) is 0 Å². The van der Waals surface area contributed by atoms with E-state index in [9.17, 15) is 4.79 Å². The van der Waals surface area contributed by atoms with Gasteiger partial charge in [-0.15, -0.1) is 0 Å². The second-order valence-corrected chi connectivity index (χ2v) is 10.4. The lowest BCUT2D eigenvalue weighted by Crippen LogP contribution is -2.44. The van der Waals surface area contributed by atoms with Crippen LogP contribution in [-0.4, -0.2) is 24.2 Å². The van der Waals surface area contributed by atoms with Crippen molar-refractivity contribution >= 4 is 77.8 Å². The van der Waals surface area contributed by atoms with Gasteiger partial charge in [0.1, 0.15) is 5.58 Å². The molecule has 1 aromatic heterocycles. The van der Waals surface area contributed by atoms with Crippen LogP contribution in [0.5, 0.6) is 0 Å². The number of rotatable bonds is 4. The Bertz CT molecular complexity index is 1290. The van der Waals surface area contributed by atoms with E-state index in [-0.39, 0.29) is 11.3 Å². The summed E-state index contributed by atoms with van der Waals surface area (Å²) >= 11 is 13.4. The molecular formula is C24H22Br2ClN3O2. The molecule has 1 aliphatic rings. The number of benzene rings is 2. The zero-order valence-electron chi connectivity index (χ0n) is 18.1. The number of carbonyl (C=O) groups excluding carboxylic acids is 1. The number of anilines is 1. The second-order valence-electron chi connectivity index (χ2n) is 8.23. The van der Waals surface area contributed by atoms with E-state index in [1.807, 2.05) is 24.3 Å². The van der Waals surface area contributed by atoms with Gasteiger partial charge in [-0.25, -0.2) is 5.43 Å². The number of carbonyl (C=O) groups is 1. The molecule has 0 fully saturated rings. The number of fused-ring (bicyclic) bond motifs is 2. The minimum absolute atomic E-state index is 0.0874. The molecule has 0 saturated carbocycles. The fourth-order valence-corrected chi connectivity index (χ4v) is 5.74. The molecule has 1 amide bonds. The Balaban J connectivity index is 1.57. The van der Waals surface area contributed by atoms with E-state index < -0.39 is 5.91 Å². The molecule has 2 heterocycles. The van der Waals surface area contributed by atoms with Crippen LogP contribution in [0.3, 0.4) is 0 Å². The fourth-order valence-electron chi connectivity index (χ4n) is 4.19. The Morgan fingerprint density at radius 3 is 2.72 bits per heavy atom. The minimum Gasteiger partial charge on any atom is -0.450 e. The van der Waals surface area contributed by atoms with Gasteiger partial charge in [-0.3, -0.25) is 4.79 Å². The zero-order chi connectivity index (χ0) is 23.2. The summed E-state index contributed by atoms with van der Waals surface area (Å²) in [5.41, 5.74) is 7.15. The van der Waals surface area contributed by atoms with E-state index in [2.05, 4.69) is 81.1 Å². The average Bonchev–Trinajstić information content (AvgIpc) is 3.13. The zero-order valence-corrected chi connectivity index (χ0v) is 22.0. The number of allylic oxidation sites excluding steroid dienone is 1. The van der Waals surface area contributed by atoms with E-state index in [0.717, 1.165) is 37.7 Å².